The summed E-state index contributed by atoms with van der Waals surface area (Å²) in [4.78, 5) is 1.57. The summed E-state index contributed by atoms with van der Waals surface area (Å²) in [5.41, 5.74) is 6.10. The Balaban J connectivity index is 1.32. The third-order valence-corrected chi connectivity index (χ3v) is 6.44. The van der Waals surface area contributed by atoms with Gasteiger partial charge in [-0.25, -0.2) is 4.39 Å². The van der Waals surface area contributed by atoms with Crippen LogP contribution in [0.3, 0.4) is 0 Å². The number of quaternary nitrogens is 1. The minimum Gasteiger partial charge on any atom is -0.322 e. The number of piperazine rings is 1. The van der Waals surface area contributed by atoms with Crippen molar-refractivity contribution in [3.8, 4) is 11.1 Å². The van der Waals surface area contributed by atoms with Crippen molar-refractivity contribution >= 4 is 22.1 Å². The number of rotatable bonds is 3. The van der Waals surface area contributed by atoms with Crippen LogP contribution in [-0.2, 0) is 0 Å². The monoisotopic (exact) mass is 450 g/mol. The highest BCUT2D eigenvalue weighted by molar-refractivity contribution is 9.10. The first-order chi connectivity index (χ1) is 14.2. The van der Waals surface area contributed by atoms with Gasteiger partial charge in [0.1, 0.15) is 11.9 Å². The number of nitrogens with zero attached hydrogens (tertiary/aromatic N) is 2. The molecule has 3 aromatic carbocycles. The van der Waals surface area contributed by atoms with Gasteiger partial charge < -0.3 is 4.90 Å². The van der Waals surface area contributed by atoms with Gasteiger partial charge in [-0.05, 0) is 29.3 Å². The second-order valence-electron chi connectivity index (χ2n) is 7.63. The Morgan fingerprint density at radius 1 is 0.931 bits per heavy atom. The lowest BCUT2D eigenvalue weighted by Crippen LogP contribution is -3.14. The lowest BCUT2D eigenvalue weighted by molar-refractivity contribution is -0.929. The van der Waals surface area contributed by atoms with E-state index in [2.05, 4.69) is 74.6 Å². The van der Waals surface area contributed by atoms with E-state index in [-0.39, 0.29) is 5.82 Å². The van der Waals surface area contributed by atoms with Gasteiger partial charge in [-0.15, -0.1) is 0 Å². The molecule has 1 aliphatic carbocycles. The molecule has 0 aromatic heterocycles. The first kappa shape index (κ1) is 18.5. The van der Waals surface area contributed by atoms with Gasteiger partial charge >= 0.3 is 0 Å². The Morgan fingerprint density at radius 3 is 2.21 bits per heavy atom. The highest BCUT2D eigenvalue weighted by Crippen LogP contribution is 2.41. The minimum atomic E-state index is -0.250. The molecule has 146 valence electrons. The molecule has 1 N–H and O–H groups in total. The van der Waals surface area contributed by atoms with Crippen LogP contribution in [0.1, 0.15) is 22.7 Å². The Kier molecular flexibility index (Phi) is 4.94. The summed E-state index contributed by atoms with van der Waals surface area (Å²) in [5, 5.41) is 6.59. The molecule has 1 fully saturated rings. The molecule has 0 unspecified atom stereocenters. The number of benzene rings is 3. The van der Waals surface area contributed by atoms with Crippen molar-refractivity contribution < 1.29 is 9.29 Å². The number of hydrogen-bond donors (Lipinski definition) is 1. The fourth-order valence-corrected chi connectivity index (χ4v) is 4.92. The third kappa shape index (κ3) is 3.49. The average Bonchev–Trinajstić information content (AvgIpc) is 3.09. The second-order valence-corrected chi connectivity index (χ2v) is 8.55. The van der Waals surface area contributed by atoms with Crippen molar-refractivity contribution in [2.75, 3.05) is 26.2 Å². The maximum atomic E-state index is 13.9. The third-order valence-electron chi connectivity index (χ3n) is 5.94. The summed E-state index contributed by atoms with van der Waals surface area (Å²) >= 11 is 3.39. The molecule has 0 bridgehead atoms. The number of nitrogens with one attached hydrogen (secondary N) is 1. The molecule has 3 nitrogen and oxygen atoms in total. The zero-order valence-corrected chi connectivity index (χ0v) is 17.6. The topological polar surface area (TPSA) is 20.0 Å². The largest absolute Gasteiger partial charge is 0.322 e. The summed E-state index contributed by atoms with van der Waals surface area (Å²) in [7, 11) is 0. The van der Waals surface area contributed by atoms with Gasteiger partial charge in [-0.2, -0.15) is 5.10 Å². The van der Waals surface area contributed by atoms with Crippen molar-refractivity contribution in [2.45, 2.75) is 6.04 Å². The van der Waals surface area contributed by atoms with Gasteiger partial charge in [0.05, 0.1) is 32.4 Å². The van der Waals surface area contributed by atoms with Gasteiger partial charge in [0.25, 0.3) is 0 Å². The van der Waals surface area contributed by atoms with Crippen LogP contribution in [0, 0.1) is 5.82 Å². The number of halogens is 2. The van der Waals surface area contributed by atoms with E-state index in [1.807, 2.05) is 0 Å². The quantitative estimate of drug-likeness (QED) is 0.600. The van der Waals surface area contributed by atoms with E-state index in [0.717, 1.165) is 30.7 Å². The minimum absolute atomic E-state index is 0.250. The van der Waals surface area contributed by atoms with Gasteiger partial charge in [0.15, 0.2) is 0 Å². The molecular weight excluding hydrogens is 429 g/mol. The van der Waals surface area contributed by atoms with E-state index >= 15 is 0 Å². The number of fused-ring (bicyclic) bond motifs is 3. The molecular formula is C24H22BrFN3+. The molecule has 2 aliphatic rings. The molecule has 0 atom stereocenters. The van der Waals surface area contributed by atoms with Gasteiger partial charge in [0, 0.05) is 21.2 Å². The van der Waals surface area contributed by atoms with Crippen LogP contribution in [-0.4, -0.2) is 37.4 Å². The van der Waals surface area contributed by atoms with Crippen molar-refractivity contribution in [1.29, 1.82) is 0 Å². The Morgan fingerprint density at radius 2 is 1.55 bits per heavy atom. The maximum absolute atomic E-state index is 13.9. The fraction of sp³-hybridized carbons (Fsp3) is 0.208. The van der Waals surface area contributed by atoms with Gasteiger partial charge in [-0.1, -0.05) is 64.5 Å². The Bertz CT molecular complexity index is 1030. The molecule has 3 aromatic rings. The standard InChI is InChI=1S/C24H21BrFN3/c25-18-9-10-23(26)17(15-18)16-27-29-13-11-28(12-14-29)24-21-7-3-1-5-19(21)20-6-2-4-8-22(20)24/h1-10,15-16,24H,11-14H2/p+1. The highest BCUT2D eigenvalue weighted by atomic mass is 79.9. The molecule has 0 radical (unpaired) electrons. The molecule has 5 heteroatoms. The van der Waals surface area contributed by atoms with Crippen molar-refractivity contribution in [2.24, 2.45) is 5.10 Å². The second kappa shape index (κ2) is 7.73. The molecule has 1 saturated heterocycles. The predicted octanol–water partition coefficient (Wildman–Crippen LogP) is 3.89. The molecule has 29 heavy (non-hydrogen) atoms. The highest BCUT2D eigenvalue weighted by Gasteiger charge is 2.37. The van der Waals surface area contributed by atoms with Crippen molar-refractivity contribution in [3.63, 3.8) is 0 Å². The van der Waals surface area contributed by atoms with E-state index in [4.69, 9.17) is 0 Å². The summed E-state index contributed by atoms with van der Waals surface area (Å²) in [6.45, 7) is 3.74. The molecule has 0 amide bonds. The van der Waals surface area contributed by atoms with E-state index in [1.54, 1.807) is 23.2 Å². The van der Waals surface area contributed by atoms with Crippen LogP contribution >= 0.6 is 15.9 Å². The van der Waals surface area contributed by atoms with E-state index < -0.39 is 0 Å². The van der Waals surface area contributed by atoms with Gasteiger partial charge in [-0.3, -0.25) is 5.01 Å². The first-order valence-corrected chi connectivity index (χ1v) is 10.8. The Hall–Kier alpha value is -2.50. The summed E-state index contributed by atoms with van der Waals surface area (Å²) in [6.07, 6.45) is 1.63. The van der Waals surface area contributed by atoms with Crippen LogP contribution < -0.4 is 4.90 Å². The van der Waals surface area contributed by atoms with E-state index in [1.165, 1.54) is 28.3 Å². The SMILES string of the molecule is Fc1ccc(Br)cc1C=NN1CC[NH+](C2c3ccccc3-c3ccccc32)CC1. The summed E-state index contributed by atoms with van der Waals surface area (Å²) in [6, 6.07) is 22.9. The van der Waals surface area contributed by atoms with Crippen LogP contribution in [0.4, 0.5) is 4.39 Å². The first-order valence-electron chi connectivity index (χ1n) is 9.97. The van der Waals surface area contributed by atoms with Gasteiger partial charge in [0.2, 0.25) is 0 Å². The van der Waals surface area contributed by atoms with E-state index in [0.29, 0.717) is 11.6 Å². The number of hydrogen-bond acceptors (Lipinski definition) is 2. The molecule has 0 spiro atoms. The van der Waals surface area contributed by atoms with Crippen LogP contribution in [0.15, 0.2) is 76.3 Å². The van der Waals surface area contributed by atoms with Crippen LogP contribution in [0.5, 0.6) is 0 Å². The summed E-state index contributed by atoms with van der Waals surface area (Å²) < 4.78 is 14.8. The maximum Gasteiger partial charge on any atom is 0.140 e. The Labute approximate surface area is 178 Å². The zero-order valence-electron chi connectivity index (χ0n) is 16.0. The predicted molar refractivity (Wildman–Crippen MR) is 118 cm³/mol. The van der Waals surface area contributed by atoms with Crippen LogP contribution in [0.2, 0.25) is 0 Å². The fourth-order valence-electron chi connectivity index (χ4n) is 4.54. The van der Waals surface area contributed by atoms with Crippen molar-refractivity contribution in [3.05, 3.63) is 93.7 Å². The van der Waals surface area contributed by atoms with Crippen LogP contribution in [0.25, 0.3) is 11.1 Å². The van der Waals surface area contributed by atoms with E-state index in [9.17, 15) is 4.39 Å². The lowest BCUT2D eigenvalue weighted by Gasteiger charge is -2.34. The molecule has 0 saturated carbocycles. The van der Waals surface area contributed by atoms with Crippen molar-refractivity contribution in [1.82, 2.24) is 5.01 Å². The lowest BCUT2D eigenvalue weighted by atomic mass is 10.0. The molecule has 1 heterocycles. The smallest absolute Gasteiger partial charge is 0.140 e. The molecule has 1 aliphatic heterocycles. The number of hydrazone groups is 1. The normalized spacial score (nSPS) is 17.0. The average molecular weight is 451 g/mol. The molecule has 5 rings (SSSR count). The zero-order chi connectivity index (χ0) is 19.8. The summed E-state index contributed by atoms with van der Waals surface area (Å²) in [5.74, 6) is -0.250.